The summed E-state index contributed by atoms with van der Waals surface area (Å²) in [7, 11) is 0. The third-order valence-corrected chi connectivity index (χ3v) is 3.18. The second-order valence-electron chi connectivity index (χ2n) is 7.11. The minimum Gasteiger partial charge on any atom is -0.481 e. The summed E-state index contributed by atoms with van der Waals surface area (Å²) in [5.41, 5.74) is 11.3. The Morgan fingerprint density at radius 3 is 1.78 bits per heavy atom. The molecule has 0 fully saturated rings. The topological polar surface area (TPSA) is 110 Å². The average molecular weight is 374 g/mol. The highest BCUT2D eigenvalue weighted by Gasteiger charge is 2.19. The Kier molecular flexibility index (Phi) is 14.1. The first-order valence-corrected chi connectivity index (χ1v) is 7.48. The molecule has 5 N–H and O–H groups in total. The van der Waals surface area contributed by atoms with Crippen LogP contribution in [0.5, 0.6) is 0 Å². The first kappa shape index (κ1) is 27.3. The number of carboxylic acids is 1. The van der Waals surface area contributed by atoms with Crippen LogP contribution in [-0.4, -0.2) is 46.1 Å². The fourth-order valence-electron chi connectivity index (χ4n) is 1.88. The molecule has 0 rings (SSSR count). The van der Waals surface area contributed by atoms with Crippen LogP contribution in [0.15, 0.2) is 0 Å². The zero-order valence-electron chi connectivity index (χ0n) is 14.6. The third-order valence-electron chi connectivity index (χ3n) is 3.18. The van der Waals surface area contributed by atoms with Gasteiger partial charge in [-0.1, -0.05) is 0 Å². The fourth-order valence-corrected chi connectivity index (χ4v) is 1.88. The highest BCUT2D eigenvalue weighted by Crippen LogP contribution is 2.12. The van der Waals surface area contributed by atoms with E-state index in [2.05, 4.69) is 0 Å². The van der Waals surface area contributed by atoms with E-state index in [0.29, 0.717) is 19.5 Å². The Balaban J connectivity index is -0.00000200. The maximum absolute atomic E-state index is 12.1. The van der Waals surface area contributed by atoms with Gasteiger partial charge in [0.15, 0.2) is 0 Å². The van der Waals surface area contributed by atoms with Gasteiger partial charge in [-0.15, -0.1) is 24.8 Å². The predicted molar refractivity (Wildman–Crippen MR) is 98.3 cm³/mol. The summed E-state index contributed by atoms with van der Waals surface area (Å²) in [4.78, 5) is 24.4. The first-order chi connectivity index (χ1) is 9.41. The second-order valence-corrected chi connectivity index (χ2v) is 7.11. The minimum absolute atomic E-state index is 0. The van der Waals surface area contributed by atoms with Gasteiger partial charge in [-0.25, -0.2) is 0 Å². The molecule has 0 aromatic rings. The largest absolute Gasteiger partial charge is 0.481 e. The molecule has 1 amide bonds. The van der Waals surface area contributed by atoms with Gasteiger partial charge in [-0.05, 0) is 47.0 Å². The van der Waals surface area contributed by atoms with Crippen LogP contribution in [0.3, 0.4) is 0 Å². The molecule has 0 spiro atoms. The van der Waals surface area contributed by atoms with Gasteiger partial charge in [0.1, 0.15) is 0 Å². The lowest BCUT2D eigenvalue weighted by atomic mass is 9.99. The Morgan fingerprint density at radius 1 is 0.913 bits per heavy atom. The molecule has 8 heteroatoms. The SMILES string of the molecule is CC(C)(N)CCCN(CCC(C)(C)N)C(=O)CCC(=O)O.Cl.Cl. The molecule has 0 aliphatic heterocycles. The summed E-state index contributed by atoms with van der Waals surface area (Å²) in [5.74, 6) is -1.08. The molecule has 0 saturated carbocycles. The highest BCUT2D eigenvalue weighted by molar-refractivity contribution is 5.85. The van der Waals surface area contributed by atoms with E-state index in [0.717, 1.165) is 12.8 Å². The maximum Gasteiger partial charge on any atom is 0.303 e. The number of rotatable bonds is 10. The standard InChI is InChI=1S/C15H31N3O3.2ClH/c1-14(2,16)8-5-10-18(11-9-15(3,4)17)12(19)6-7-13(20)21;;/h5-11,16-17H2,1-4H3,(H,20,21);2*1H. The van der Waals surface area contributed by atoms with Gasteiger partial charge >= 0.3 is 5.97 Å². The van der Waals surface area contributed by atoms with E-state index in [9.17, 15) is 9.59 Å². The lowest BCUT2D eigenvalue weighted by molar-refractivity contribution is -0.141. The molecule has 0 radical (unpaired) electrons. The quantitative estimate of drug-likeness (QED) is 0.543. The van der Waals surface area contributed by atoms with Crippen molar-refractivity contribution in [2.24, 2.45) is 11.5 Å². The van der Waals surface area contributed by atoms with E-state index >= 15 is 0 Å². The summed E-state index contributed by atoms with van der Waals surface area (Å²) in [5, 5.41) is 8.68. The Morgan fingerprint density at radius 2 is 1.39 bits per heavy atom. The van der Waals surface area contributed by atoms with Crippen molar-refractivity contribution in [3.05, 3.63) is 0 Å². The Hall–Kier alpha value is -0.560. The summed E-state index contributed by atoms with van der Waals surface area (Å²) in [6.45, 7) is 8.87. The molecule has 0 aliphatic rings. The Labute approximate surface area is 152 Å². The van der Waals surface area contributed by atoms with Crippen LogP contribution in [-0.2, 0) is 9.59 Å². The van der Waals surface area contributed by atoms with Crippen molar-refractivity contribution in [1.82, 2.24) is 4.90 Å². The van der Waals surface area contributed by atoms with Crippen LogP contribution >= 0.6 is 24.8 Å². The molecule has 0 aromatic carbocycles. The van der Waals surface area contributed by atoms with E-state index in [1.807, 2.05) is 27.7 Å². The molecule has 0 heterocycles. The van der Waals surface area contributed by atoms with Gasteiger partial charge in [0, 0.05) is 30.6 Å². The molecule has 140 valence electrons. The van der Waals surface area contributed by atoms with E-state index in [4.69, 9.17) is 16.6 Å². The van der Waals surface area contributed by atoms with Gasteiger partial charge in [0.25, 0.3) is 0 Å². The number of carboxylic acid groups (broad SMARTS) is 1. The van der Waals surface area contributed by atoms with Crippen molar-refractivity contribution in [3.63, 3.8) is 0 Å². The monoisotopic (exact) mass is 373 g/mol. The molecule has 0 bridgehead atoms. The Bertz CT molecular complexity index is 353. The van der Waals surface area contributed by atoms with Crippen LogP contribution in [0, 0.1) is 0 Å². The lowest BCUT2D eigenvalue weighted by Crippen LogP contribution is -2.41. The highest BCUT2D eigenvalue weighted by atomic mass is 35.5. The number of hydrogen-bond acceptors (Lipinski definition) is 4. The summed E-state index contributed by atoms with van der Waals surface area (Å²) in [6, 6.07) is 0. The van der Waals surface area contributed by atoms with Gasteiger partial charge in [0.05, 0.1) is 6.42 Å². The van der Waals surface area contributed by atoms with Crippen LogP contribution in [0.1, 0.15) is 59.8 Å². The number of hydrogen-bond donors (Lipinski definition) is 3. The second kappa shape index (κ2) is 11.9. The molecule has 6 nitrogen and oxygen atoms in total. The van der Waals surface area contributed by atoms with Gasteiger partial charge < -0.3 is 21.5 Å². The van der Waals surface area contributed by atoms with Crippen LogP contribution in [0.25, 0.3) is 0 Å². The first-order valence-electron chi connectivity index (χ1n) is 7.48. The van der Waals surface area contributed by atoms with E-state index in [-0.39, 0.29) is 54.6 Å². The average Bonchev–Trinajstić information content (AvgIpc) is 2.27. The molecular formula is C15H33Cl2N3O3. The van der Waals surface area contributed by atoms with Crippen LogP contribution < -0.4 is 11.5 Å². The minimum atomic E-state index is -0.953. The van der Waals surface area contributed by atoms with E-state index in [1.165, 1.54) is 0 Å². The number of halogens is 2. The van der Waals surface area contributed by atoms with Crippen molar-refractivity contribution < 1.29 is 14.7 Å². The molecule has 23 heavy (non-hydrogen) atoms. The lowest BCUT2D eigenvalue weighted by Gasteiger charge is -2.28. The number of carbonyl (C=O) groups excluding carboxylic acids is 1. The van der Waals surface area contributed by atoms with Gasteiger partial charge in [0.2, 0.25) is 5.91 Å². The van der Waals surface area contributed by atoms with Gasteiger partial charge in [-0.2, -0.15) is 0 Å². The van der Waals surface area contributed by atoms with Crippen LogP contribution in [0.4, 0.5) is 0 Å². The molecular weight excluding hydrogens is 341 g/mol. The summed E-state index contributed by atoms with van der Waals surface area (Å²) in [6.07, 6.45) is 2.18. The molecule has 0 aromatic heterocycles. The third kappa shape index (κ3) is 17.6. The number of amides is 1. The molecule has 0 unspecified atom stereocenters. The van der Waals surface area contributed by atoms with E-state index < -0.39 is 5.97 Å². The van der Waals surface area contributed by atoms with Crippen LogP contribution in [0.2, 0.25) is 0 Å². The smallest absolute Gasteiger partial charge is 0.303 e. The number of carbonyl (C=O) groups is 2. The predicted octanol–water partition coefficient (Wildman–Crippen LogP) is 2.17. The van der Waals surface area contributed by atoms with Crippen molar-refractivity contribution in [1.29, 1.82) is 0 Å². The van der Waals surface area contributed by atoms with Crippen molar-refractivity contribution in [2.45, 2.75) is 70.9 Å². The summed E-state index contributed by atoms with van der Waals surface area (Å²) < 4.78 is 0. The number of aliphatic carboxylic acids is 1. The zero-order chi connectivity index (χ0) is 16.7. The molecule has 0 aliphatic carbocycles. The molecule has 0 atom stereocenters. The van der Waals surface area contributed by atoms with E-state index in [1.54, 1.807) is 4.90 Å². The zero-order valence-corrected chi connectivity index (χ0v) is 16.3. The normalized spacial score (nSPS) is 11.2. The van der Waals surface area contributed by atoms with Crippen molar-refractivity contribution in [3.8, 4) is 0 Å². The van der Waals surface area contributed by atoms with Gasteiger partial charge in [-0.3, -0.25) is 9.59 Å². The number of nitrogens with zero attached hydrogens (tertiary/aromatic N) is 1. The van der Waals surface area contributed by atoms with Crippen molar-refractivity contribution >= 4 is 36.7 Å². The van der Waals surface area contributed by atoms with Crippen molar-refractivity contribution in [2.75, 3.05) is 13.1 Å². The molecule has 0 saturated heterocycles. The summed E-state index contributed by atoms with van der Waals surface area (Å²) >= 11 is 0. The number of nitrogens with two attached hydrogens (primary N) is 2. The fraction of sp³-hybridized carbons (Fsp3) is 0.867. The maximum atomic E-state index is 12.1.